The predicted molar refractivity (Wildman–Crippen MR) is 74.4 cm³/mol. The highest BCUT2D eigenvalue weighted by Gasteiger charge is 2.29. The number of nitriles is 2. The average Bonchev–Trinajstić information content (AvgIpc) is 2.64. The number of aromatic nitrogens is 1. The molecule has 1 unspecified atom stereocenters. The van der Waals surface area contributed by atoms with Crippen LogP contribution in [0, 0.1) is 22.7 Å². The summed E-state index contributed by atoms with van der Waals surface area (Å²) in [6.45, 7) is 4.69. The Hall–Kier alpha value is -2.06. The molecular weight excluding hydrogens is 326 g/mol. The van der Waals surface area contributed by atoms with Gasteiger partial charge in [0.1, 0.15) is 0 Å². The Morgan fingerprint density at radius 3 is 2.25 bits per heavy atom. The van der Waals surface area contributed by atoms with Crippen molar-refractivity contribution in [1.82, 2.24) is 3.59 Å². The second-order valence-electron chi connectivity index (χ2n) is 5.07. The second kappa shape index (κ2) is 5.51. The molecule has 0 saturated heterocycles. The maximum Gasteiger partial charge on any atom is 0.207 e. The van der Waals surface area contributed by atoms with Gasteiger partial charge in [0.25, 0.3) is 0 Å². The quantitative estimate of drug-likeness (QED) is 0.819. The van der Waals surface area contributed by atoms with Gasteiger partial charge in [-0.15, -0.1) is 0 Å². The number of hydrogen-bond acceptors (Lipinski definition) is 6. The molecule has 0 saturated carbocycles. The molecule has 1 aromatic heterocycles. The van der Waals surface area contributed by atoms with Gasteiger partial charge in [-0.05, 0) is 20.8 Å². The molecule has 1 atom stereocenters. The summed E-state index contributed by atoms with van der Waals surface area (Å²) in [6.07, 6.45) is 0.0481. The lowest BCUT2D eigenvalue weighted by atomic mass is 9.97. The molecule has 1 heterocycles. The highest BCUT2D eigenvalue weighted by atomic mass is 79.9. The number of azo groups is 1. The minimum absolute atomic E-state index is 0.0481. The first-order chi connectivity index (χ1) is 9.14. The summed E-state index contributed by atoms with van der Waals surface area (Å²) in [5, 5.41) is 45.1. The Labute approximate surface area is 125 Å². The number of halogens is 1. The van der Waals surface area contributed by atoms with Gasteiger partial charge in [0.15, 0.2) is 11.1 Å². The summed E-state index contributed by atoms with van der Waals surface area (Å²) in [7, 11) is 0. The van der Waals surface area contributed by atoms with Gasteiger partial charge in [0.2, 0.25) is 11.8 Å². The van der Waals surface area contributed by atoms with Gasteiger partial charge in [0, 0.05) is 18.1 Å². The Kier molecular flexibility index (Phi) is 4.41. The van der Waals surface area contributed by atoms with E-state index in [1.165, 1.54) is 13.0 Å². The van der Waals surface area contributed by atoms with Crippen molar-refractivity contribution in [3.63, 3.8) is 0 Å². The monoisotopic (exact) mass is 339 g/mol. The van der Waals surface area contributed by atoms with E-state index in [4.69, 9.17) is 5.26 Å². The van der Waals surface area contributed by atoms with Gasteiger partial charge in [-0.25, -0.2) is 3.59 Å². The molecule has 1 aromatic rings. The molecule has 0 spiro atoms. The van der Waals surface area contributed by atoms with Crippen LogP contribution in [0.1, 0.15) is 26.3 Å². The number of rotatable bonds is 4. The van der Waals surface area contributed by atoms with Gasteiger partial charge in [-0.2, -0.15) is 20.8 Å². The normalized spacial score (nSPS) is 14.7. The van der Waals surface area contributed by atoms with Crippen molar-refractivity contribution in [2.45, 2.75) is 38.3 Å². The van der Waals surface area contributed by atoms with Gasteiger partial charge in [-0.1, -0.05) is 0 Å². The molecular formula is C12H14BrN5O2. The summed E-state index contributed by atoms with van der Waals surface area (Å²) < 4.78 is 1.01. The molecule has 106 valence electrons. The SMILES string of the molecule is CC(C)(C#N)N=NC(C)(C#N)Cc1cc(O)n(Br)c1O. The second-order valence-corrected chi connectivity index (χ2v) is 5.77. The summed E-state index contributed by atoms with van der Waals surface area (Å²) in [5.41, 5.74) is -1.92. The van der Waals surface area contributed by atoms with E-state index in [0.29, 0.717) is 5.56 Å². The van der Waals surface area contributed by atoms with E-state index in [0.717, 1.165) is 3.59 Å². The minimum atomic E-state index is -1.24. The van der Waals surface area contributed by atoms with E-state index in [1.54, 1.807) is 13.8 Å². The van der Waals surface area contributed by atoms with Crippen molar-refractivity contribution in [1.29, 1.82) is 10.5 Å². The summed E-state index contributed by atoms with van der Waals surface area (Å²) in [4.78, 5) is 0. The van der Waals surface area contributed by atoms with Gasteiger partial charge in [0.05, 0.1) is 28.3 Å². The number of aromatic hydroxyl groups is 2. The molecule has 0 aliphatic rings. The van der Waals surface area contributed by atoms with Crippen molar-refractivity contribution < 1.29 is 10.2 Å². The fraction of sp³-hybridized carbons (Fsp3) is 0.500. The first-order valence-corrected chi connectivity index (χ1v) is 6.40. The standard InChI is InChI=1S/C12H14BrN5O2/c1-11(2,6-14)16-17-12(3,7-15)5-8-4-9(19)18(13)10(8)20/h4,19-20H,5H2,1-3H3. The van der Waals surface area contributed by atoms with Crippen molar-refractivity contribution in [2.24, 2.45) is 10.2 Å². The predicted octanol–water partition coefficient (Wildman–Crippen LogP) is 2.64. The Morgan fingerprint density at radius 2 is 1.85 bits per heavy atom. The fourth-order valence-corrected chi connectivity index (χ4v) is 1.70. The van der Waals surface area contributed by atoms with Crippen LogP contribution in [0.3, 0.4) is 0 Å². The van der Waals surface area contributed by atoms with E-state index < -0.39 is 11.1 Å². The molecule has 0 bridgehead atoms. The molecule has 0 aliphatic carbocycles. The van der Waals surface area contributed by atoms with Crippen molar-refractivity contribution in [3.05, 3.63) is 11.6 Å². The van der Waals surface area contributed by atoms with Gasteiger partial charge >= 0.3 is 0 Å². The lowest BCUT2D eigenvalue weighted by molar-refractivity contribution is 0.413. The molecule has 0 aromatic carbocycles. The first-order valence-electron chi connectivity index (χ1n) is 5.69. The van der Waals surface area contributed by atoms with Crippen molar-refractivity contribution in [3.8, 4) is 23.9 Å². The van der Waals surface area contributed by atoms with Crippen LogP contribution in [0.15, 0.2) is 16.3 Å². The van der Waals surface area contributed by atoms with E-state index in [9.17, 15) is 15.5 Å². The lowest BCUT2D eigenvalue weighted by Crippen LogP contribution is -2.24. The molecule has 1 rings (SSSR count). The zero-order valence-electron chi connectivity index (χ0n) is 11.3. The lowest BCUT2D eigenvalue weighted by Gasteiger charge is -2.16. The Bertz CT molecular complexity index is 623. The third kappa shape index (κ3) is 3.49. The molecule has 0 radical (unpaired) electrons. The summed E-state index contributed by atoms with van der Waals surface area (Å²) >= 11 is 2.95. The number of nitrogens with zero attached hydrogens (tertiary/aromatic N) is 5. The Balaban J connectivity index is 3.06. The van der Waals surface area contributed by atoms with Crippen LogP contribution >= 0.6 is 16.1 Å². The Morgan fingerprint density at radius 1 is 1.25 bits per heavy atom. The van der Waals surface area contributed by atoms with Crippen LogP contribution in [0.2, 0.25) is 0 Å². The number of hydrogen-bond donors (Lipinski definition) is 2. The van der Waals surface area contributed by atoms with Crippen molar-refractivity contribution in [2.75, 3.05) is 0 Å². The van der Waals surface area contributed by atoms with E-state index in [1.807, 2.05) is 12.1 Å². The van der Waals surface area contributed by atoms with Crippen molar-refractivity contribution >= 4 is 16.1 Å². The third-order valence-electron chi connectivity index (χ3n) is 2.55. The van der Waals surface area contributed by atoms with Crippen LogP contribution in [-0.4, -0.2) is 24.9 Å². The topological polar surface area (TPSA) is 118 Å². The summed E-state index contributed by atoms with van der Waals surface area (Å²) in [6, 6.07) is 5.27. The fourth-order valence-electron chi connectivity index (χ4n) is 1.37. The molecule has 0 amide bonds. The minimum Gasteiger partial charge on any atom is -0.494 e. The van der Waals surface area contributed by atoms with Crippen LogP contribution in [-0.2, 0) is 6.42 Å². The van der Waals surface area contributed by atoms with Gasteiger partial charge < -0.3 is 10.2 Å². The molecule has 0 fully saturated rings. The third-order valence-corrected chi connectivity index (χ3v) is 3.25. The largest absolute Gasteiger partial charge is 0.494 e. The highest BCUT2D eigenvalue weighted by molar-refractivity contribution is 9.08. The van der Waals surface area contributed by atoms with E-state index >= 15 is 0 Å². The molecule has 0 aliphatic heterocycles. The highest BCUT2D eigenvalue weighted by Crippen LogP contribution is 2.33. The molecule has 20 heavy (non-hydrogen) atoms. The van der Waals surface area contributed by atoms with Gasteiger partial charge in [-0.3, -0.25) is 0 Å². The van der Waals surface area contributed by atoms with Crippen LogP contribution in [0.4, 0.5) is 0 Å². The van der Waals surface area contributed by atoms with E-state index in [2.05, 4.69) is 26.4 Å². The van der Waals surface area contributed by atoms with Crippen LogP contribution in [0.5, 0.6) is 11.8 Å². The zero-order chi connectivity index (χ0) is 15.6. The molecule has 2 N–H and O–H groups in total. The average molecular weight is 340 g/mol. The maximum atomic E-state index is 9.77. The summed E-state index contributed by atoms with van der Waals surface area (Å²) in [5.74, 6) is -0.397. The zero-order valence-corrected chi connectivity index (χ0v) is 12.9. The maximum absolute atomic E-state index is 9.77. The smallest absolute Gasteiger partial charge is 0.207 e. The van der Waals surface area contributed by atoms with Crippen LogP contribution in [0.25, 0.3) is 0 Å². The molecule has 8 heteroatoms. The first kappa shape index (κ1) is 16.0. The van der Waals surface area contributed by atoms with E-state index in [-0.39, 0.29) is 18.2 Å². The van der Waals surface area contributed by atoms with Crippen LogP contribution < -0.4 is 0 Å². The molecule has 7 nitrogen and oxygen atoms in total.